The van der Waals surface area contributed by atoms with E-state index in [9.17, 15) is 0 Å². The van der Waals surface area contributed by atoms with E-state index < -0.39 is 0 Å². The van der Waals surface area contributed by atoms with Crippen LogP contribution in [-0.2, 0) is 4.28 Å². The van der Waals surface area contributed by atoms with Crippen molar-refractivity contribution >= 4 is 25.7 Å². The van der Waals surface area contributed by atoms with Crippen molar-refractivity contribution in [2.45, 2.75) is 44.6 Å². The van der Waals surface area contributed by atoms with Crippen LogP contribution < -0.4 is 5.90 Å². The summed E-state index contributed by atoms with van der Waals surface area (Å²) >= 11 is 1.26. The predicted molar refractivity (Wildman–Crippen MR) is 62.5 cm³/mol. The molecule has 2 N–H and O–H groups in total. The van der Waals surface area contributed by atoms with Gasteiger partial charge in [0.05, 0.1) is 0 Å². The Kier molecular flexibility index (Phi) is 6.41. The lowest BCUT2D eigenvalue weighted by atomic mass is 10.1. The molecule has 1 fully saturated rings. The maximum Gasteiger partial charge on any atom is 0.105 e. The third-order valence-corrected chi connectivity index (χ3v) is 3.34. The summed E-state index contributed by atoms with van der Waals surface area (Å²) in [4.78, 5) is 0. The van der Waals surface area contributed by atoms with Crippen LogP contribution in [0.25, 0.3) is 0 Å². The second-order valence-corrected chi connectivity index (χ2v) is 4.39. The molecule has 0 aromatic carbocycles. The van der Waals surface area contributed by atoms with Gasteiger partial charge in [0.25, 0.3) is 0 Å². The molecule has 1 saturated carbocycles. The zero-order chi connectivity index (χ0) is 9.03. The standard InChI is InChI=1S/C8H18N2OS.H2S/c1-3-4-5-8(6-7-8)10(2)12-11-9;/h3-7,9H2,1-2H3;1H2. The summed E-state index contributed by atoms with van der Waals surface area (Å²) in [7, 11) is 2.06. The first-order valence-corrected chi connectivity index (χ1v) is 5.22. The quantitative estimate of drug-likeness (QED) is 0.426. The molecule has 0 saturated heterocycles. The molecule has 13 heavy (non-hydrogen) atoms. The molecule has 5 heteroatoms. The van der Waals surface area contributed by atoms with E-state index in [4.69, 9.17) is 5.90 Å². The summed E-state index contributed by atoms with van der Waals surface area (Å²) in [5.74, 6) is 5.00. The van der Waals surface area contributed by atoms with E-state index in [-0.39, 0.29) is 13.5 Å². The maximum absolute atomic E-state index is 5.00. The first-order chi connectivity index (χ1) is 5.75. The van der Waals surface area contributed by atoms with Crippen molar-refractivity contribution in [3.8, 4) is 0 Å². The normalized spacial score (nSPS) is 18.5. The smallest absolute Gasteiger partial charge is 0.105 e. The lowest BCUT2D eigenvalue weighted by molar-refractivity contribution is 0.303. The van der Waals surface area contributed by atoms with E-state index in [0.29, 0.717) is 5.54 Å². The summed E-state index contributed by atoms with van der Waals surface area (Å²) in [5.41, 5.74) is 0.403. The minimum absolute atomic E-state index is 0. The van der Waals surface area contributed by atoms with E-state index in [2.05, 4.69) is 22.6 Å². The highest BCUT2D eigenvalue weighted by Gasteiger charge is 2.46. The third-order valence-electron chi connectivity index (χ3n) is 2.65. The molecule has 0 aliphatic heterocycles. The molecule has 0 aromatic rings. The van der Waals surface area contributed by atoms with E-state index in [0.717, 1.165) is 0 Å². The number of nitrogens with zero attached hydrogens (tertiary/aromatic N) is 1. The van der Waals surface area contributed by atoms with Crippen molar-refractivity contribution in [1.82, 2.24) is 4.31 Å². The maximum atomic E-state index is 5.00. The second kappa shape index (κ2) is 6.14. The van der Waals surface area contributed by atoms with Crippen molar-refractivity contribution < 1.29 is 4.28 Å². The molecular formula is C8H20N2OS2. The molecule has 80 valence electrons. The minimum atomic E-state index is 0. The minimum Gasteiger partial charge on any atom is -0.222 e. The highest BCUT2D eigenvalue weighted by Crippen LogP contribution is 2.47. The zero-order valence-corrected chi connectivity index (χ0v) is 10.2. The van der Waals surface area contributed by atoms with Crippen LogP contribution in [-0.4, -0.2) is 16.9 Å². The van der Waals surface area contributed by atoms with Crippen LogP contribution >= 0.6 is 25.7 Å². The largest absolute Gasteiger partial charge is 0.222 e. The Hall–Kier alpha value is 0.580. The molecule has 0 amide bonds. The molecule has 1 aliphatic carbocycles. The lowest BCUT2D eigenvalue weighted by Crippen LogP contribution is -2.28. The average Bonchev–Trinajstić information content (AvgIpc) is 2.82. The summed E-state index contributed by atoms with van der Waals surface area (Å²) in [5, 5.41) is 0. The summed E-state index contributed by atoms with van der Waals surface area (Å²) in [6.07, 6.45) is 6.43. The van der Waals surface area contributed by atoms with Gasteiger partial charge < -0.3 is 0 Å². The van der Waals surface area contributed by atoms with Crippen molar-refractivity contribution in [3.05, 3.63) is 0 Å². The first kappa shape index (κ1) is 13.6. The molecule has 0 heterocycles. The van der Waals surface area contributed by atoms with Crippen molar-refractivity contribution in [1.29, 1.82) is 0 Å². The molecule has 3 nitrogen and oxygen atoms in total. The van der Waals surface area contributed by atoms with Crippen molar-refractivity contribution in [2.24, 2.45) is 5.90 Å². The monoisotopic (exact) mass is 224 g/mol. The van der Waals surface area contributed by atoms with E-state index in [1.807, 2.05) is 0 Å². The Balaban J connectivity index is 0.00000144. The Morgan fingerprint density at radius 1 is 1.54 bits per heavy atom. The Bertz CT molecular complexity index is 142. The SMILES string of the molecule is CCCCC1(N(C)SON)CC1.S. The van der Waals surface area contributed by atoms with E-state index in [1.54, 1.807) is 0 Å². The lowest BCUT2D eigenvalue weighted by Gasteiger charge is -2.24. The van der Waals surface area contributed by atoms with Gasteiger partial charge in [-0.25, -0.2) is 14.5 Å². The molecule has 1 aliphatic rings. The van der Waals surface area contributed by atoms with Crippen LogP contribution in [0.1, 0.15) is 39.0 Å². The van der Waals surface area contributed by atoms with E-state index in [1.165, 1.54) is 44.3 Å². The average molecular weight is 224 g/mol. The van der Waals surface area contributed by atoms with Crippen LogP contribution in [0.15, 0.2) is 0 Å². The van der Waals surface area contributed by atoms with Crippen LogP contribution in [0.2, 0.25) is 0 Å². The number of nitrogens with two attached hydrogens (primary N) is 1. The number of rotatable bonds is 6. The molecule has 0 bridgehead atoms. The fourth-order valence-corrected chi connectivity index (χ4v) is 2.08. The molecular weight excluding hydrogens is 204 g/mol. The Morgan fingerprint density at radius 3 is 2.54 bits per heavy atom. The van der Waals surface area contributed by atoms with Gasteiger partial charge in [-0.3, -0.25) is 0 Å². The molecule has 0 radical (unpaired) electrons. The molecule has 0 aromatic heterocycles. The summed E-state index contributed by atoms with van der Waals surface area (Å²) in [6.45, 7) is 2.22. The summed E-state index contributed by atoms with van der Waals surface area (Å²) in [6, 6.07) is 0. The van der Waals surface area contributed by atoms with Gasteiger partial charge >= 0.3 is 0 Å². The van der Waals surface area contributed by atoms with Crippen LogP contribution in [0.5, 0.6) is 0 Å². The molecule has 0 atom stereocenters. The van der Waals surface area contributed by atoms with Gasteiger partial charge in [-0.05, 0) is 19.3 Å². The van der Waals surface area contributed by atoms with Crippen molar-refractivity contribution in [3.63, 3.8) is 0 Å². The predicted octanol–water partition coefficient (Wildman–Crippen LogP) is 2.21. The Morgan fingerprint density at radius 2 is 2.15 bits per heavy atom. The number of unbranched alkanes of at least 4 members (excludes halogenated alkanes) is 1. The van der Waals surface area contributed by atoms with Gasteiger partial charge in [-0.1, -0.05) is 19.8 Å². The van der Waals surface area contributed by atoms with Gasteiger partial charge in [-0.2, -0.15) is 13.5 Å². The Labute approximate surface area is 92.1 Å². The number of hydrogen-bond acceptors (Lipinski definition) is 4. The van der Waals surface area contributed by atoms with E-state index >= 15 is 0 Å². The van der Waals surface area contributed by atoms with Crippen LogP contribution in [0.4, 0.5) is 0 Å². The molecule has 0 unspecified atom stereocenters. The third kappa shape index (κ3) is 3.67. The van der Waals surface area contributed by atoms with Gasteiger partial charge in [-0.15, -0.1) is 0 Å². The van der Waals surface area contributed by atoms with Gasteiger partial charge in [0.15, 0.2) is 0 Å². The second-order valence-electron chi connectivity index (χ2n) is 3.50. The highest BCUT2D eigenvalue weighted by molar-refractivity contribution is 7.92. The fraction of sp³-hybridized carbons (Fsp3) is 1.00. The van der Waals surface area contributed by atoms with Gasteiger partial charge in [0.2, 0.25) is 0 Å². The van der Waals surface area contributed by atoms with Gasteiger partial charge in [0.1, 0.15) is 12.2 Å². The topological polar surface area (TPSA) is 38.5 Å². The highest BCUT2D eigenvalue weighted by atomic mass is 32.2. The zero-order valence-electron chi connectivity index (χ0n) is 8.38. The van der Waals surface area contributed by atoms with Crippen LogP contribution in [0.3, 0.4) is 0 Å². The van der Waals surface area contributed by atoms with Gasteiger partial charge in [0, 0.05) is 12.6 Å². The number of hydrogen-bond donors (Lipinski definition) is 1. The molecule has 0 spiro atoms. The van der Waals surface area contributed by atoms with Crippen LogP contribution in [0, 0.1) is 0 Å². The first-order valence-electron chi connectivity index (χ1n) is 4.52. The fourth-order valence-electron chi connectivity index (χ4n) is 1.52. The summed E-state index contributed by atoms with van der Waals surface area (Å²) < 4.78 is 6.71. The molecule has 1 rings (SSSR count). The van der Waals surface area contributed by atoms with Crippen molar-refractivity contribution in [2.75, 3.05) is 7.05 Å².